The molecule has 1 N–H and O–H groups in total. The average molecular weight is 273 g/mol. The molecule has 5 heteroatoms. The van der Waals surface area contributed by atoms with Gasteiger partial charge in [0.1, 0.15) is 0 Å². The van der Waals surface area contributed by atoms with Crippen LogP contribution in [0.25, 0.3) is 0 Å². The van der Waals surface area contributed by atoms with Gasteiger partial charge in [-0.25, -0.2) is 0 Å². The van der Waals surface area contributed by atoms with Crippen molar-refractivity contribution in [3.8, 4) is 0 Å². The van der Waals surface area contributed by atoms with Crippen LogP contribution >= 0.6 is 23.6 Å². The van der Waals surface area contributed by atoms with Crippen LogP contribution in [-0.2, 0) is 16.0 Å². The van der Waals surface area contributed by atoms with Crippen LogP contribution in [-0.4, -0.2) is 17.1 Å². The maximum Gasteiger partial charge on any atom is 0.311 e. The van der Waals surface area contributed by atoms with E-state index in [0.29, 0.717) is 16.3 Å². The second-order valence-corrected chi connectivity index (χ2v) is 6.44. The molecule has 96 valence electrons. The summed E-state index contributed by atoms with van der Waals surface area (Å²) in [6, 6.07) is 0. The molecule has 0 radical (unpaired) electrons. The second-order valence-electron chi connectivity index (χ2n) is 4.67. The molecule has 1 heterocycles. The predicted molar refractivity (Wildman–Crippen MR) is 73.0 cm³/mol. The number of thiazole rings is 1. The molecule has 1 aromatic heterocycles. The molecule has 0 amide bonds. The van der Waals surface area contributed by atoms with Gasteiger partial charge < -0.3 is 9.72 Å². The smallest absolute Gasteiger partial charge is 0.311 e. The number of aromatic amines is 1. The zero-order valence-corrected chi connectivity index (χ0v) is 12.3. The van der Waals surface area contributed by atoms with Crippen LogP contribution in [0.5, 0.6) is 0 Å². The first-order chi connectivity index (χ1) is 7.88. The summed E-state index contributed by atoms with van der Waals surface area (Å²) >= 11 is 6.47. The first-order valence-electron chi connectivity index (χ1n) is 5.76. The molecule has 0 fully saturated rings. The normalized spacial score (nSPS) is 12.8. The van der Waals surface area contributed by atoms with E-state index in [1.54, 1.807) is 0 Å². The highest BCUT2D eigenvalue weighted by Gasteiger charge is 2.14. The molecular formula is C12H19NO2S2. The molecule has 17 heavy (non-hydrogen) atoms. The number of hydrogen-bond donors (Lipinski definition) is 1. The van der Waals surface area contributed by atoms with Gasteiger partial charge in [-0.05, 0) is 38.4 Å². The minimum atomic E-state index is -0.175. The molecule has 0 aromatic carbocycles. The highest BCUT2D eigenvalue weighted by molar-refractivity contribution is 7.73. The van der Waals surface area contributed by atoms with Crippen LogP contribution in [0, 0.1) is 16.8 Å². The fraction of sp³-hybridized carbons (Fsp3) is 0.667. The van der Waals surface area contributed by atoms with Crippen LogP contribution in [0.4, 0.5) is 0 Å². The van der Waals surface area contributed by atoms with Crippen LogP contribution < -0.4 is 0 Å². The molecule has 1 unspecified atom stereocenters. The summed E-state index contributed by atoms with van der Waals surface area (Å²) in [5.41, 5.74) is 0.966. The van der Waals surface area contributed by atoms with Crippen molar-refractivity contribution < 1.29 is 9.53 Å². The number of carbonyl (C=O) groups is 1. The molecule has 1 atom stereocenters. The SMILES string of the molecule is Cc1[nH]c(=S)sc1CC(=O)OC(C)CC(C)C. The van der Waals surface area contributed by atoms with E-state index >= 15 is 0 Å². The highest BCUT2D eigenvalue weighted by atomic mass is 32.1. The van der Waals surface area contributed by atoms with Gasteiger partial charge in [-0.2, -0.15) is 0 Å². The maximum absolute atomic E-state index is 11.7. The monoisotopic (exact) mass is 273 g/mol. The largest absolute Gasteiger partial charge is 0.462 e. The topological polar surface area (TPSA) is 42.1 Å². The second kappa shape index (κ2) is 6.31. The van der Waals surface area contributed by atoms with Crippen molar-refractivity contribution in [1.29, 1.82) is 0 Å². The van der Waals surface area contributed by atoms with Crippen molar-refractivity contribution in [2.24, 2.45) is 5.92 Å². The standard InChI is InChI=1S/C12H19NO2S2/c1-7(2)5-8(3)15-11(14)6-10-9(4)13-12(16)17-10/h7-8H,5-6H2,1-4H3,(H,13,16). The Hall–Kier alpha value is -0.680. The van der Waals surface area contributed by atoms with E-state index in [2.05, 4.69) is 18.8 Å². The van der Waals surface area contributed by atoms with Crippen molar-refractivity contribution in [1.82, 2.24) is 4.98 Å². The molecule has 3 nitrogen and oxygen atoms in total. The predicted octanol–water partition coefficient (Wildman–Crippen LogP) is 3.63. The van der Waals surface area contributed by atoms with Crippen LogP contribution in [0.3, 0.4) is 0 Å². The quantitative estimate of drug-likeness (QED) is 0.658. The van der Waals surface area contributed by atoms with Crippen LogP contribution in [0.2, 0.25) is 0 Å². The van der Waals surface area contributed by atoms with E-state index < -0.39 is 0 Å². The number of rotatable bonds is 5. The average Bonchev–Trinajstić information content (AvgIpc) is 2.42. The summed E-state index contributed by atoms with van der Waals surface area (Å²) in [5, 5.41) is 0. The molecule has 1 rings (SSSR count). The Kier molecular flexibility index (Phi) is 5.33. The summed E-state index contributed by atoms with van der Waals surface area (Å²) in [6.45, 7) is 8.09. The molecule has 0 aliphatic heterocycles. The number of carbonyl (C=O) groups excluding carboxylic acids is 1. The zero-order chi connectivity index (χ0) is 13.0. The Morgan fingerprint density at radius 1 is 1.47 bits per heavy atom. The van der Waals surface area contributed by atoms with Gasteiger partial charge in [0.15, 0.2) is 3.95 Å². The minimum Gasteiger partial charge on any atom is -0.462 e. The van der Waals surface area contributed by atoms with Crippen molar-refractivity contribution in [3.63, 3.8) is 0 Å². The Labute approximate surface area is 111 Å². The molecule has 0 aliphatic rings. The number of ether oxygens (including phenoxy) is 1. The Morgan fingerprint density at radius 2 is 2.12 bits per heavy atom. The summed E-state index contributed by atoms with van der Waals surface area (Å²) < 4.78 is 6.06. The lowest BCUT2D eigenvalue weighted by Gasteiger charge is -2.14. The van der Waals surface area contributed by atoms with Gasteiger partial charge in [-0.1, -0.05) is 13.8 Å². The van der Waals surface area contributed by atoms with Gasteiger partial charge in [0.2, 0.25) is 0 Å². The third kappa shape index (κ3) is 5.00. The van der Waals surface area contributed by atoms with Crippen molar-refractivity contribution >= 4 is 29.5 Å². The Balaban J connectivity index is 2.50. The molecule has 0 saturated heterocycles. The zero-order valence-electron chi connectivity index (χ0n) is 10.7. The van der Waals surface area contributed by atoms with Gasteiger partial charge >= 0.3 is 5.97 Å². The number of esters is 1. The lowest BCUT2D eigenvalue weighted by molar-refractivity contribution is -0.147. The van der Waals surface area contributed by atoms with Gasteiger partial charge in [0.25, 0.3) is 0 Å². The number of nitrogens with one attached hydrogen (secondary N) is 1. The minimum absolute atomic E-state index is 0.0188. The highest BCUT2D eigenvalue weighted by Crippen LogP contribution is 2.16. The van der Waals surface area contributed by atoms with Gasteiger partial charge in [-0.15, -0.1) is 11.3 Å². The molecule has 0 saturated carbocycles. The Bertz CT molecular complexity index is 434. The number of aromatic nitrogens is 1. The van der Waals surface area contributed by atoms with Crippen LogP contribution in [0.15, 0.2) is 0 Å². The molecule has 1 aromatic rings. The molecule has 0 spiro atoms. The van der Waals surface area contributed by atoms with Crippen molar-refractivity contribution in [2.75, 3.05) is 0 Å². The maximum atomic E-state index is 11.7. The van der Waals surface area contributed by atoms with Gasteiger partial charge in [0, 0.05) is 10.6 Å². The number of aryl methyl sites for hydroxylation is 1. The van der Waals surface area contributed by atoms with Gasteiger partial charge in [-0.3, -0.25) is 4.79 Å². The van der Waals surface area contributed by atoms with E-state index in [4.69, 9.17) is 17.0 Å². The van der Waals surface area contributed by atoms with Crippen molar-refractivity contribution in [2.45, 2.75) is 46.6 Å². The van der Waals surface area contributed by atoms with Gasteiger partial charge in [0.05, 0.1) is 12.5 Å². The van der Waals surface area contributed by atoms with E-state index in [1.807, 2.05) is 13.8 Å². The molecule has 0 bridgehead atoms. The summed E-state index contributed by atoms with van der Waals surface area (Å²) in [7, 11) is 0. The van der Waals surface area contributed by atoms with Crippen molar-refractivity contribution in [3.05, 3.63) is 14.5 Å². The summed E-state index contributed by atoms with van der Waals surface area (Å²) in [5.74, 6) is 0.361. The summed E-state index contributed by atoms with van der Waals surface area (Å²) in [6.07, 6.45) is 1.19. The van der Waals surface area contributed by atoms with E-state index in [9.17, 15) is 4.79 Å². The third-order valence-electron chi connectivity index (χ3n) is 2.36. The first-order valence-corrected chi connectivity index (χ1v) is 6.99. The fourth-order valence-electron chi connectivity index (χ4n) is 1.71. The first kappa shape index (κ1) is 14.4. The van der Waals surface area contributed by atoms with E-state index in [0.717, 1.165) is 17.0 Å². The van der Waals surface area contributed by atoms with E-state index in [-0.39, 0.29) is 12.1 Å². The fourth-order valence-corrected chi connectivity index (χ4v) is 2.99. The van der Waals surface area contributed by atoms with Crippen LogP contribution in [0.1, 0.15) is 37.8 Å². The lowest BCUT2D eigenvalue weighted by Crippen LogP contribution is -2.18. The number of hydrogen-bond acceptors (Lipinski definition) is 4. The third-order valence-corrected chi connectivity index (χ3v) is 3.70. The summed E-state index contributed by atoms with van der Waals surface area (Å²) in [4.78, 5) is 15.7. The lowest BCUT2D eigenvalue weighted by atomic mass is 10.1. The number of H-pyrrole nitrogens is 1. The Morgan fingerprint density at radius 3 is 2.59 bits per heavy atom. The van der Waals surface area contributed by atoms with E-state index in [1.165, 1.54) is 11.3 Å². The molecule has 0 aliphatic carbocycles. The molecular weight excluding hydrogens is 254 g/mol.